The number of piperidine rings is 1. The number of hydrogen-bond acceptors (Lipinski definition) is 4. The van der Waals surface area contributed by atoms with Crippen molar-refractivity contribution in [2.45, 2.75) is 50.0 Å². The topological polar surface area (TPSA) is 66.9 Å². The van der Waals surface area contributed by atoms with Gasteiger partial charge < -0.3 is 9.64 Å². The van der Waals surface area contributed by atoms with Gasteiger partial charge in [-0.25, -0.2) is 8.42 Å². The van der Waals surface area contributed by atoms with Crippen LogP contribution in [0.1, 0.15) is 44.6 Å². The van der Waals surface area contributed by atoms with E-state index in [1.54, 1.807) is 29.2 Å². The van der Waals surface area contributed by atoms with Crippen molar-refractivity contribution in [3.8, 4) is 5.75 Å². The average molecular weight is 407 g/mol. The van der Waals surface area contributed by atoms with Gasteiger partial charge in [0.25, 0.3) is 0 Å². The Hall–Kier alpha value is -1.86. The largest absolute Gasteiger partial charge is 0.495 e. The summed E-state index contributed by atoms with van der Waals surface area (Å²) in [7, 11) is -0.334. The van der Waals surface area contributed by atoms with Crippen molar-refractivity contribution >= 4 is 22.0 Å². The van der Waals surface area contributed by atoms with Crippen molar-refractivity contribution in [3.05, 3.63) is 29.8 Å². The van der Waals surface area contributed by atoms with Crippen molar-refractivity contribution < 1.29 is 17.9 Å². The number of ether oxygens (including phenoxy) is 1. The number of methoxy groups -OCH3 is 1. The lowest BCUT2D eigenvalue weighted by Gasteiger charge is -2.26. The monoisotopic (exact) mass is 406 g/mol. The summed E-state index contributed by atoms with van der Waals surface area (Å²) in [6.07, 6.45) is 8.35. The van der Waals surface area contributed by atoms with E-state index >= 15 is 0 Å². The SMILES string of the molecule is COc1ccc(/C=C/C(=O)N(C)C(C)C2CC2)cc1S(=O)(=O)N1CCCCC1. The smallest absolute Gasteiger partial charge is 0.246 e. The Morgan fingerprint density at radius 2 is 1.93 bits per heavy atom. The fourth-order valence-electron chi connectivity index (χ4n) is 3.62. The molecule has 154 valence electrons. The molecular formula is C21H30N2O4S. The Labute approximate surface area is 168 Å². The Balaban J connectivity index is 1.81. The van der Waals surface area contributed by atoms with E-state index in [1.807, 2.05) is 7.05 Å². The molecule has 2 aliphatic rings. The van der Waals surface area contributed by atoms with Crippen LogP contribution in [0.3, 0.4) is 0 Å². The zero-order valence-corrected chi connectivity index (χ0v) is 17.7. The molecule has 28 heavy (non-hydrogen) atoms. The highest BCUT2D eigenvalue weighted by molar-refractivity contribution is 7.89. The Kier molecular flexibility index (Phi) is 6.45. The zero-order chi connectivity index (χ0) is 20.3. The molecule has 2 fully saturated rings. The highest BCUT2D eigenvalue weighted by atomic mass is 32.2. The van der Waals surface area contributed by atoms with Crippen LogP contribution in [0.5, 0.6) is 5.75 Å². The first-order valence-electron chi connectivity index (χ1n) is 9.97. The van der Waals surface area contributed by atoms with Gasteiger partial charge in [0, 0.05) is 32.3 Å². The Bertz CT molecular complexity index is 840. The van der Waals surface area contributed by atoms with Gasteiger partial charge >= 0.3 is 0 Å². The zero-order valence-electron chi connectivity index (χ0n) is 16.9. The number of hydrogen-bond donors (Lipinski definition) is 0. The molecule has 0 spiro atoms. The molecule has 0 radical (unpaired) electrons. The number of carbonyl (C=O) groups is 1. The summed E-state index contributed by atoms with van der Waals surface area (Å²) in [5.41, 5.74) is 0.664. The van der Waals surface area contributed by atoms with Gasteiger partial charge in [0.1, 0.15) is 10.6 Å². The maximum Gasteiger partial charge on any atom is 0.246 e. The summed E-state index contributed by atoms with van der Waals surface area (Å²) in [6, 6.07) is 5.24. The average Bonchev–Trinajstić information content (AvgIpc) is 3.56. The summed E-state index contributed by atoms with van der Waals surface area (Å²) < 4.78 is 33.0. The summed E-state index contributed by atoms with van der Waals surface area (Å²) in [5, 5.41) is 0. The maximum absolute atomic E-state index is 13.1. The van der Waals surface area contributed by atoms with Gasteiger partial charge in [0.05, 0.1) is 7.11 Å². The summed E-state index contributed by atoms with van der Waals surface area (Å²) in [5.74, 6) is 0.855. The van der Waals surface area contributed by atoms with Crippen LogP contribution in [0.2, 0.25) is 0 Å². The molecule has 1 aliphatic heterocycles. The lowest BCUT2D eigenvalue weighted by Crippen LogP contribution is -2.35. The molecule has 1 aromatic carbocycles. The number of likely N-dealkylation sites (N-methyl/N-ethyl adjacent to an activating group) is 1. The van der Waals surface area contributed by atoms with E-state index in [4.69, 9.17) is 4.74 Å². The third-order valence-electron chi connectivity index (χ3n) is 5.80. The van der Waals surface area contributed by atoms with Crippen LogP contribution in [0.25, 0.3) is 6.08 Å². The van der Waals surface area contributed by atoms with E-state index < -0.39 is 10.0 Å². The number of carbonyl (C=O) groups excluding carboxylic acids is 1. The van der Waals surface area contributed by atoms with E-state index in [2.05, 4.69) is 6.92 Å². The van der Waals surface area contributed by atoms with Gasteiger partial charge in [-0.05, 0) is 62.3 Å². The molecule has 0 N–H and O–H groups in total. The molecule has 0 bridgehead atoms. The summed E-state index contributed by atoms with van der Waals surface area (Å²) in [6.45, 7) is 3.14. The molecular weight excluding hydrogens is 376 g/mol. The first-order valence-corrected chi connectivity index (χ1v) is 11.4. The normalized spacial score (nSPS) is 19.5. The molecule has 1 heterocycles. The molecule has 7 heteroatoms. The van der Waals surface area contributed by atoms with Crippen molar-refractivity contribution in [2.24, 2.45) is 5.92 Å². The van der Waals surface area contributed by atoms with Crippen LogP contribution in [-0.4, -0.2) is 56.8 Å². The minimum absolute atomic E-state index is 0.0735. The number of nitrogens with zero attached hydrogens (tertiary/aromatic N) is 2. The first-order chi connectivity index (χ1) is 13.3. The van der Waals surface area contributed by atoms with Crippen molar-refractivity contribution in [1.29, 1.82) is 0 Å². The van der Waals surface area contributed by atoms with E-state index in [9.17, 15) is 13.2 Å². The molecule has 3 rings (SSSR count). The second-order valence-electron chi connectivity index (χ2n) is 7.74. The maximum atomic E-state index is 13.1. The standard InChI is InChI=1S/C21H30N2O4S/c1-16(18-9-10-18)22(2)21(24)12-8-17-7-11-19(27-3)20(15-17)28(25,26)23-13-5-4-6-14-23/h7-8,11-12,15-16,18H,4-6,9-10,13-14H2,1-3H3/b12-8+. The van der Waals surface area contributed by atoms with Crippen LogP contribution in [0, 0.1) is 5.92 Å². The lowest BCUT2D eigenvalue weighted by molar-refractivity contribution is -0.126. The quantitative estimate of drug-likeness (QED) is 0.653. The molecule has 1 aliphatic carbocycles. The molecule has 1 saturated carbocycles. The van der Waals surface area contributed by atoms with Gasteiger partial charge in [0.2, 0.25) is 15.9 Å². The van der Waals surface area contributed by atoms with Gasteiger partial charge in [-0.15, -0.1) is 0 Å². The fraction of sp³-hybridized carbons (Fsp3) is 0.571. The van der Waals surface area contributed by atoms with Crippen molar-refractivity contribution in [1.82, 2.24) is 9.21 Å². The first kappa shape index (κ1) is 20.9. The Morgan fingerprint density at radius 1 is 1.25 bits per heavy atom. The second kappa shape index (κ2) is 8.66. The molecule has 1 unspecified atom stereocenters. The fourth-order valence-corrected chi connectivity index (χ4v) is 5.33. The molecule has 6 nitrogen and oxygen atoms in total. The van der Waals surface area contributed by atoms with E-state index in [0.717, 1.165) is 19.3 Å². The number of benzene rings is 1. The molecule has 1 aromatic rings. The Morgan fingerprint density at radius 3 is 2.54 bits per heavy atom. The van der Waals surface area contributed by atoms with Crippen LogP contribution in [-0.2, 0) is 14.8 Å². The van der Waals surface area contributed by atoms with Crippen LogP contribution < -0.4 is 4.74 Å². The van der Waals surface area contributed by atoms with Gasteiger partial charge in [-0.3, -0.25) is 4.79 Å². The van der Waals surface area contributed by atoms with Crippen LogP contribution >= 0.6 is 0 Å². The highest BCUT2D eigenvalue weighted by Crippen LogP contribution is 2.35. The highest BCUT2D eigenvalue weighted by Gasteiger charge is 2.32. The van der Waals surface area contributed by atoms with Gasteiger partial charge in [0.15, 0.2) is 0 Å². The van der Waals surface area contributed by atoms with Crippen molar-refractivity contribution in [3.63, 3.8) is 0 Å². The lowest BCUT2D eigenvalue weighted by atomic mass is 10.1. The summed E-state index contributed by atoms with van der Waals surface area (Å²) in [4.78, 5) is 14.3. The van der Waals surface area contributed by atoms with Crippen molar-refractivity contribution in [2.75, 3.05) is 27.2 Å². The molecule has 0 aromatic heterocycles. The minimum atomic E-state index is -3.62. The molecule has 1 amide bonds. The molecule has 1 saturated heterocycles. The molecule has 1 atom stereocenters. The predicted octanol–water partition coefficient (Wildman–Crippen LogP) is 3.14. The predicted molar refractivity (Wildman–Crippen MR) is 110 cm³/mol. The van der Waals surface area contributed by atoms with E-state index in [1.165, 1.54) is 30.3 Å². The number of amides is 1. The third kappa shape index (κ3) is 4.58. The second-order valence-corrected chi connectivity index (χ2v) is 9.64. The minimum Gasteiger partial charge on any atom is -0.495 e. The number of sulfonamides is 1. The summed E-state index contributed by atoms with van der Waals surface area (Å²) >= 11 is 0. The third-order valence-corrected chi connectivity index (χ3v) is 7.72. The number of rotatable bonds is 7. The van der Waals surface area contributed by atoms with Gasteiger partial charge in [-0.1, -0.05) is 12.5 Å². The van der Waals surface area contributed by atoms with Crippen LogP contribution in [0.15, 0.2) is 29.2 Å². The van der Waals surface area contributed by atoms with Gasteiger partial charge in [-0.2, -0.15) is 4.31 Å². The van der Waals surface area contributed by atoms with Crippen LogP contribution in [0.4, 0.5) is 0 Å². The van der Waals surface area contributed by atoms with E-state index in [-0.39, 0.29) is 16.8 Å². The van der Waals surface area contributed by atoms with E-state index in [0.29, 0.717) is 30.3 Å².